The van der Waals surface area contributed by atoms with Crippen molar-refractivity contribution in [2.24, 2.45) is 5.90 Å². The van der Waals surface area contributed by atoms with E-state index in [2.05, 4.69) is 16.7 Å². The molecule has 2 rings (SSSR count). The highest BCUT2D eigenvalue weighted by Crippen LogP contribution is 2.34. The second-order valence-electron chi connectivity index (χ2n) is 4.64. The highest BCUT2D eigenvalue weighted by molar-refractivity contribution is 5.75. The third kappa shape index (κ3) is 2.72. The Morgan fingerprint density at radius 1 is 0.833 bits per heavy atom. The molecule has 0 fully saturated rings. The van der Waals surface area contributed by atoms with Crippen molar-refractivity contribution in [2.75, 3.05) is 7.11 Å². The van der Waals surface area contributed by atoms with Crippen LogP contribution in [-0.4, -0.2) is 7.11 Å². The normalized spacial score (nSPS) is 9.08. The van der Waals surface area contributed by atoms with E-state index in [1.54, 1.807) is 24.3 Å². The minimum absolute atomic E-state index is 0.0200. The number of ether oxygens (including phenoxy) is 1. The van der Waals surface area contributed by atoms with Crippen LogP contribution >= 0.6 is 0 Å². The third-order valence-corrected chi connectivity index (χ3v) is 3.39. The Hall–Kier alpha value is -3.90. The Morgan fingerprint density at radius 2 is 1.25 bits per heavy atom. The molecule has 0 aromatic heterocycles. The predicted molar refractivity (Wildman–Crippen MR) is 88.5 cm³/mol. The zero-order chi connectivity index (χ0) is 17.7. The molecular formula is C19H11N3O2. The van der Waals surface area contributed by atoms with Crippen molar-refractivity contribution in [2.45, 2.75) is 0 Å². The lowest BCUT2D eigenvalue weighted by molar-refractivity contribution is 0.332. The van der Waals surface area contributed by atoms with E-state index < -0.39 is 0 Å². The van der Waals surface area contributed by atoms with Gasteiger partial charge in [-0.1, -0.05) is 11.8 Å². The summed E-state index contributed by atoms with van der Waals surface area (Å²) in [5.74, 6) is 10.6. The molecule has 2 aromatic rings. The average molecular weight is 313 g/mol. The summed E-state index contributed by atoms with van der Waals surface area (Å²) in [5, 5.41) is 18.5. The van der Waals surface area contributed by atoms with E-state index in [9.17, 15) is 10.5 Å². The van der Waals surface area contributed by atoms with Crippen LogP contribution in [-0.2, 0) is 0 Å². The largest absolute Gasteiger partial charge is 0.494 e. The van der Waals surface area contributed by atoms with Crippen LogP contribution in [0, 0.1) is 47.3 Å². The second kappa shape index (κ2) is 6.91. The van der Waals surface area contributed by atoms with Crippen LogP contribution in [0.15, 0.2) is 24.3 Å². The molecule has 0 bridgehead atoms. The van der Waals surface area contributed by atoms with Gasteiger partial charge in [0.2, 0.25) is 0 Å². The van der Waals surface area contributed by atoms with Gasteiger partial charge in [0.05, 0.1) is 29.4 Å². The molecule has 0 aliphatic carbocycles. The summed E-state index contributed by atoms with van der Waals surface area (Å²) in [6.45, 7) is 0. The minimum Gasteiger partial charge on any atom is -0.494 e. The standard InChI is InChI=1S/C19H11N3O2/c1-4-12-6-14(7-13(5-2)18(12)23-3)15-8-16(10-20)19(24-22)17(9-15)11-21/h1-2,6-9H,22H2,3H3. The summed E-state index contributed by atoms with van der Waals surface area (Å²) < 4.78 is 5.25. The Bertz CT molecular complexity index is 828. The van der Waals surface area contributed by atoms with Gasteiger partial charge < -0.3 is 9.57 Å². The van der Waals surface area contributed by atoms with Crippen molar-refractivity contribution in [1.29, 1.82) is 10.5 Å². The first-order valence-corrected chi connectivity index (χ1v) is 6.64. The lowest BCUT2D eigenvalue weighted by atomic mass is 9.95. The Morgan fingerprint density at radius 3 is 1.54 bits per heavy atom. The smallest absolute Gasteiger partial charge is 0.182 e. The maximum atomic E-state index is 9.24. The van der Waals surface area contributed by atoms with Crippen molar-refractivity contribution in [3.05, 3.63) is 46.5 Å². The number of nitriles is 2. The highest BCUT2D eigenvalue weighted by atomic mass is 16.6. The first kappa shape index (κ1) is 16.5. The maximum Gasteiger partial charge on any atom is 0.182 e. The van der Waals surface area contributed by atoms with Gasteiger partial charge in [0, 0.05) is 0 Å². The first-order chi connectivity index (χ1) is 11.6. The fourth-order valence-electron chi connectivity index (χ4n) is 2.32. The molecule has 0 aliphatic heterocycles. The molecule has 0 saturated heterocycles. The Kier molecular flexibility index (Phi) is 4.74. The van der Waals surface area contributed by atoms with Gasteiger partial charge in [-0.15, -0.1) is 12.8 Å². The molecule has 5 heteroatoms. The molecule has 0 atom stereocenters. The van der Waals surface area contributed by atoms with Gasteiger partial charge in [-0.05, 0) is 35.4 Å². The van der Waals surface area contributed by atoms with Gasteiger partial charge in [0.15, 0.2) is 5.75 Å². The summed E-state index contributed by atoms with van der Waals surface area (Å²) in [4.78, 5) is 4.65. The van der Waals surface area contributed by atoms with Gasteiger partial charge >= 0.3 is 0 Å². The van der Waals surface area contributed by atoms with E-state index in [0.29, 0.717) is 28.0 Å². The van der Waals surface area contributed by atoms with Gasteiger partial charge in [0.1, 0.15) is 17.9 Å². The molecule has 0 heterocycles. The van der Waals surface area contributed by atoms with Crippen molar-refractivity contribution in [3.63, 3.8) is 0 Å². The summed E-state index contributed by atoms with van der Waals surface area (Å²) in [6, 6.07) is 10.4. The zero-order valence-electron chi connectivity index (χ0n) is 12.8. The maximum absolute atomic E-state index is 9.24. The Balaban J connectivity index is 2.79. The predicted octanol–water partition coefficient (Wildman–Crippen LogP) is 2.32. The van der Waals surface area contributed by atoms with E-state index >= 15 is 0 Å². The molecule has 0 aliphatic rings. The number of terminal acetylenes is 2. The molecule has 0 amide bonds. The Labute approximate surface area is 139 Å². The van der Waals surface area contributed by atoms with Crippen LogP contribution in [0.25, 0.3) is 11.1 Å². The molecule has 5 nitrogen and oxygen atoms in total. The fraction of sp³-hybridized carbons (Fsp3) is 0.0526. The van der Waals surface area contributed by atoms with Crippen LogP contribution in [0.1, 0.15) is 22.3 Å². The van der Waals surface area contributed by atoms with Gasteiger partial charge in [-0.2, -0.15) is 16.4 Å². The summed E-state index contributed by atoms with van der Waals surface area (Å²) >= 11 is 0. The zero-order valence-corrected chi connectivity index (χ0v) is 12.8. The second-order valence-corrected chi connectivity index (χ2v) is 4.64. The average Bonchev–Trinajstić information content (AvgIpc) is 2.65. The van der Waals surface area contributed by atoms with E-state index in [0.717, 1.165) is 0 Å². The topological polar surface area (TPSA) is 92.1 Å². The number of hydrogen-bond acceptors (Lipinski definition) is 5. The van der Waals surface area contributed by atoms with Gasteiger partial charge in [-0.3, -0.25) is 0 Å². The van der Waals surface area contributed by atoms with Crippen LogP contribution in [0.4, 0.5) is 0 Å². The van der Waals surface area contributed by atoms with Crippen LogP contribution in [0.2, 0.25) is 0 Å². The van der Waals surface area contributed by atoms with E-state index in [-0.39, 0.29) is 16.9 Å². The van der Waals surface area contributed by atoms with Crippen molar-refractivity contribution in [1.82, 2.24) is 0 Å². The van der Waals surface area contributed by atoms with Gasteiger partial charge in [-0.25, -0.2) is 0 Å². The molecule has 0 spiro atoms. The van der Waals surface area contributed by atoms with E-state index in [4.69, 9.17) is 23.5 Å². The summed E-state index contributed by atoms with van der Waals surface area (Å²) in [5.41, 5.74) is 2.44. The SMILES string of the molecule is C#Cc1cc(-c2cc(C#N)c(ON)c(C#N)c2)cc(C#C)c1OC. The van der Waals surface area contributed by atoms with Crippen molar-refractivity contribution in [3.8, 4) is 59.5 Å². The molecule has 24 heavy (non-hydrogen) atoms. The summed E-state index contributed by atoms with van der Waals surface area (Å²) in [7, 11) is 1.48. The number of nitrogens with two attached hydrogens (primary N) is 1. The highest BCUT2D eigenvalue weighted by Gasteiger charge is 2.15. The van der Waals surface area contributed by atoms with Gasteiger partial charge in [0.25, 0.3) is 0 Å². The molecular weight excluding hydrogens is 302 g/mol. The monoisotopic (exact) mass is 313 g/mol. The molecule has 0 radical (unpaired) electrons. The van der Waals surface area contributed by atoms with Crippen molar-refractivity contribution < 1.29 is 9.57 Å². The van der Waals surface area contributed by atoms with Crippen LogP contribution in [0.3, 0.4) is 0 Å². The van der Waals surface area contributed by atoms with E-state index in [1.807, 2.05) is 12.1 Å². The quantitative estimate of drug-likeness (QED) is 0.693. The van der Waals surface area contributed by atoms with Crippen molar-refractivity contribution >= 4 is 0 Å². The molecule has 2 aromatic carbocycles. The van der Waals surface area contributed by atoms with Crippen LogP contribution < -0.4 is 15.5 Å². The fourth-order valence-corrected chi connectivity index (χ4v) is 2.32. The summed E-state index contributed by atoms with van der Waals surface area (Å²) in [6.07, 6.45) is 11.0. The number of rotatable bonds is 3. The van der Waals surface area contributed by atoms with E-state index in [1.165, 1.54) is 7.11 Å². The molecule has 2 N–H and O–H groups in total. The number of nitrogens with zero attached hydrogens (tertiary/aromatic N) is 2. The number of hydrogen-bond donors (Lipinski definition) is 1. The molecule has 114 valence electrons. The lowest BCUT2D eigenvalue weighted by Gasteiger charge is -2.12. The van der Waals surface area contributed by atoms with Crippen LogP contribution in [0.5, 0.6) is 11.5 Å². The minimum atomic E-state index is 0.0200. The lowest BCUT2D eigenvalue weighted by Crippen LogP contribution is -2.06. The number of benzene rings is 2. The first-order valence-electron chi connectivity index (χ1n) is 6.64. The molecule has 0 unspecified atom stereocenters. The molecule has 0 saturated carbocycles. The number of methoxy groups -OCH3 is 1. The third-order valence-electron chi connectivity index (χ3n) is 3.39.